The Kier molecular flexibility index (Phi) is 4.65. The van der Waals surface area contributed by atoms with Crippen molar-refractivity contribution in [2.75, 3.05) is 10.6 Å². The van der Waals surface area contributed by atoms with Crippen molar-refractivity contribution >= 4 is 23.2 Å². The Morgan fingerprint density at radius 3 is 2.30 bits per heavy atom. The van der Waals surface area contributed by atoms with Gasteiger partial charge in [-0.1, -0.05) is 35.5 Å². The summed E-state index contributed by atoms with van der Waals surface area (Å²) in [6, 6.07) is 16.9. The molecule has 4 rings (SSSR count). The van der Waals surface area contributed by atoms with Gasteiger partial charge in [0.05, 0.1) is 12.7 Å². The van der Waals surface area contributed by atoms with Crippen LogP contribution in [0.1, 0.15) is 28.9 Å². The first kappa shape index (κ1) is 17.0. The van der Waals surface area contributed by atoms with E-state index in [1.54, 1.807) is 35.1 Å². The molecule has 27 heavy (non-hydrogen) atoms. The van der Waals surface area contributed by atoms with E-state index in [0.717, 1.165) is 24.1 Å². The molecule has 7 nitrogen and oxygen atoms in total. The maximum absolute atomic E-state index is 12.3. The Bertz CT molecular complexity index is 946. The monoisotopic (exact) mass is 361 g/mol. The number of anilines is 2. The second kappa shape index (κ2) is 7.41. The molecule has 1 heterocycles. The Morgan fingerprint density at radius 2 is 1.63 bits per heavy atom. The molecule has 136 valence electrons. The van der Waals surface area contributed by atoms with Gasteiger partial charge in [-0.2, -0.15) is 0 Å². The number of carbonyl (C=O) groups is 2. The molecule has 1 fully saturated rings. The summed E-state index contributed by atoms with van der Waals surface area (Å²) in [5.74, 6) is -0.117. The molecule has 0 radical (unpaired) electrons. The predicted octanol–water partition coefficient (Wildman–Crippen LogP) is 2.93. The maximum atomic E-state index is 12.3. The second-order valence-corrected chi connectivity index (χ2v) is 6.58. The van der Waals surface area contributed by atoms with Gasteiger partial charge < -0.3 is 10.6 Å². The largest absolute Gasteiger partial charge is 0.326 e. The SMILES string of the molecule is O=C(Nc1ccc(NC(=O)C2CC2)cc1)c1cn(Cc2ccccc2)nn1. The van der Waals surface area contributed by atoms with Gasteiger partial charge in [-0.25, -0.2) is 4.68 Å². The minimum absolute atomic E-state index is 0.0572. The first-order valence-electron chi connectivity index (χ1n) is 8.84. The Hall–Kier alpha value is -3.48. The Morgan fingerprint density at radius 1 is 0.963 bits per heavy atom. The number of amides is 2. The summed E-state index contributed by atoms with van der Waals surface area (Å²) in [5, 5.41) is 13.6. The zero-order valence-electron chi connectivity index (χ0n) is 14.6. The molecule has 0 aliphatic heterocycles. The maximum Gasteiger partial charge on any atom is 0.277 e. The van der Waals surface area contributed by atoms with Gasteiger partial charge in [0.25, 0.3) is 5.91 Å². The molecule has 0 saturated heterocycles. The Balaban J connectivity index is 1.35. The number of rotatable bonds is 6. The molecule has 7 heteroatoms. The first-order chi connectivity index (χ1) is 13.2. The zero-order valence-corrected chi connectivity index (χ0v) is 14.6. The quantitative estimate of drug-likeness (QED) is 0.706. The normalized spacial score (nSPS) is 13.2. The van der Waals surface area contributed by atoms with Crippen LogP contribution in [0.2, 0.25) is 0 Å². The number of hydrogen-bond acceptors (Lipinski definition) is 4. The molecule has 1 aromatic heterocycles. The molecule has 2 amide bonds. The number of hydrogen-bond donors (Lipinski definition) is 2. The highest BCUT2D eigenvalue weighted by Gasteiger charge is 2.29. The fourth-order valence-corrected chi connectivity index (χ4v) is 2.67. The van der Waals surface area contributed by atoms with Gasteiger partial charge in [0.2, 0.25) is 5.91 Å². The molecule has 3 aromatic rings. The molecule has 1 aliphatic rings. The summed E-state index contributed by atoms with van der Waals surface area (Å²) >= 11 is 0. The summed E-state index contributed by atoms with van der Waals surface area (Å²) < 4.78 is 1.63. The van der Waals surface area contributed by atoms with Crippen LogP contribution in [-0.2, 0) is 11.3 Å². The molecular formula is C20H19N5O2. The molecular weight excluding hydrogens is 342 g/mol. The van der Waals surface area contributed by atoms with Crippen LogP contribution in [0.4, 0.5) is 11.4 Å². The van der Waals surface area contributed by atoms with Crippen molar-refractivity contribution in [3.05, 3.63) is 72.1 Å². The van der Waals surface area contributed by atoms with Gasteiger partial charge in [-0.05, 0) is 42.7 Å². The molecule has 0 spiro atoms. The van der Waals surface area contributed by atoms with E-state index >= 15 is 0 Å². The predicted molar refractivity (Wildman–Crippen MR) is 101 cm³/mol. The van der Waals surface area contributed by atoms with E-state index in [1.165, 1.54) is 0 Å². The minimum Gasteiger partial charge on any atom is -0.326 e. The summed E-state index contributed by atoms with van der Waals surface area (Å²) in [6.45, 7) is 0.552. The lowest BCUT2D eigenvalue weighted by atomic mass is 10.2. The van der Waals surface area contributed by atoms with Crippen LogP contribution in [0.3, 0.4) is 0 Å². The van der Waals surface area contributed by atoms with Gasteiger partial charge in [0.1, 0.15) is 0 Å². The van der Waals surface area contributed by atoms with Crippen LogP contribution in [0.5, 0.6) is 0 Å². The lowest BCUT2D eigenvalue weighted by Gasteiger charge is -2.06. The van der Waals surface area contributed by atoms with Crippen LogP contribution < -0.4 is 10.6 Å². The topological polar surface area (TPSA) is 88.9 Å². The molecule has 0 atom stereocenters. The lowest BCUT2D eigenvalue weighted by Crippen LogP contribution is -2.14. The van der Waals surface area contributed by atoms with Crippen molar-refractivity contribution in [2.24, 2.45) is 5.92 Å². The molecule has 2 aromatic carbocycles. The van der Waals surface area contributed by atoms with Crippen molar-refractivity contribution in [1.29, 1.82) is 0 Å². The van der Waals surface area contributed by atoms with Crippen LogP contribution in [-0.4, -0.2) is 26.8 Å². The standard InChI is InChI=1S/C20H19N5O2/c26-19(15-6-7-15)21-16-8-10-17(11-9-16)22-20(27)18-13-25(24-23-18)12-14-4-2-1-3-5-14/h1-5,8-11,13,15H,6-7,12H2,(H,21,26)(H,22,27). The summed E-state index contributed by atoms with van der Waals surface area (Å²) in [5.41, 5.74) is 2.68. The summed E-state index contributed by atoms with van der Waals surface area (Å²) in [6.07, 6.45) is 3.54. The molecule has 1 aliphatic carbocycles. The summed E-state index contributed by atoms with van der Waals surface area (Å²) in [4.78, 5) is 24.1. The van der Waals surface area contributed by atoms with Crippen LogP contribution in [0, 0.1) is 5.92 Å². The summed E-state index contributed by atoms with van der Waals surface area (Å²) in [7, 11) is 0. The van der Waals surface area contributed by atoms with Gasteiger partial charge in [-0.3, -0.25) is 9.59 Å². The van der Waals surface area contributed by atoms with E-state index in [2.05, 4.69) is 20.9 Å². The number of benzene rings is 2. The van der Waals surface area contributed by atoms with Gasteiger partial charge in [0, 0.05) is 17.3 Å². The first-order valence-corrected chi connectivity index (χ1v) is 8.84. The van der Waals surface area contributed by atoms with Crippen molar-refractivity contribution in [1.82, 2.24) is 15.0 Å². The fourth-order valence-electron chi connectivity index (χ4n) is 2.67. The van der Waals surface area contributed by atoms with E-state index in [1.807, 2.05) is 30.3 Å². The molecule has 0 bridgehead atoms. The van der Waals surface area contributed by atoms with Gasteiger partial charge in [0.15, 0.2) is 5.69 Å². The van der Waals surface area contributed by atoms with Gasteiger partial charge >= 0.3 is 0 Å². The van der Waals surface area contributed by atoms with E-state index in [-0.39, 0.29) is 23.4 Å². The second-order valence-electron chi connectivity index (χ2n) is 6.58. The fraction of sp³-hybridized carbons (Fsp3) is 0.200. The highest BCUT2D eigenvalue weighted by atomic mass is 16.2. The van der Waals surface area contributed by atoms with Crippen molar-refractivity contribution in [3.8, 4) is 0 Å². The van der Waals surface area contributed by atoms with Crippen LogP contribution in [0.15, 0.2) is 60.8 Å². The van der Waals surface area contributed by atoms with E-state index in [9.17, 15) is 9.59 Å². The van der Waals surface area contributed by atoms with Crippen molar-refractivity contribution < 1.29 is 9.59 Å². The van der Waals surface area contributed by atoms with E-state index in [0.29, 0.717) is 12.2 Å². The van der Waals surface area contributed by atoms with Gasteiger partial charge in [-0.15, -0.1) is 5.10 Å². The third-order valence-corrected chi connectivity index (χ3v) is 4.32. The minimum atomic E-state index is -0.330. The number of nitrogens with zero attached hydrogens (tertiary/aromatic N) is 3. The molecule has 2 N–H and O–H groups in total. The number of nitrogens with one attached hydrogen (secondary N) is 2. The van der Waals surface area contributed by atoms with Crippen LogP contribution >= 0.6 is 0 Å². The third kappa shape index (κ3) is 4.38. The van der Waals surface area contributed by atoms with Crippen LogP contribution in [0.25, 0.3) is 0 Å². The van der Waals surface area contributed by atoms with Crippen molar-refractivity contribution in [3.63, 3.8) is 0 Å². The average Bonchev–Trinajstić information content (AvgIpc) is 3.44. The number of carbonyl (C=O) groups excluding carboxylic acids is 2. The molecule has 0 unspecified atom stereocenters. The Labute approximate surface area is 156 Å². The van der Waals surface area contributed by atoms with E-state index in [4.69, 9.17) is 0 Å². The smallest absolute Gasteiger partial charge is 0.277 e. The lowest BCUT2D eigenvalue weighted by molar-refractivity contribution is -0.117. The highest BCUT2D eigenvalue weighted by molar-refractivity contribution is 6.02. The third-order valence-electron chi connectivity index (χ3n) is 4.32. The van der Waals surface area contributed by atoms with E-state index < -0.39 is 0 Å². The molecule has 1 saturated carbocycles. The highest BCUT2D eigenvalue weighted by Crippen LogP contribution is 2.30. The average molecular weight is 361 g/mol. The van der Waals surface area contributed by atoms with Crippen molar-refractivity contribution in [2.45, 2.75) is 19.4 Å². The zero-order chi connectivity index (χ0) is 18.6. The number of aromatic nitrogens is 3.